The van der Waals surface area contributed by atoms with E-state index >= 15 is 0 Å². The van der Waals surface area contributed by atoms with Crippen molar-refractivity contribution < 1.29 is 14.4 Å². The summed E-state index contributed by atoms with van der Waals surface area (Å²) >= 11 is 0. The molecule has 1 fully saturated rings. The monoisotopic (exact) mass is 444 g/mol. The molecule has 7 heteroatoms. The van der Waals surface area contributed by atoms with Crippen molar-refractivity contribution in [3.8, 4) is 6.07 Å². The average Bonchev–Trinajstić information content (AvgIpc) is 2.98. The molecule has 4 rings (SSSR count). The lowest BCUT2D eigenvalue weighted by Crippen LogP contribution is -2.52. The summed E-state index contributed by atoms with van der Waals surface area (Å²) in [6.07, 6.45) is 1.21. The summed E-state index contributed by atoms with van der Waals surface area (Å²) in [5, 5.41) is 9.02. The molecule has 2 aliphatic rings. The third kappa shape index (κ3) is 4.47. The number of fused-ring (bicyclic) bond motifs is 1. The number of carbonyl (C=O) groups is 3. The van der Waals surface area contributed by atoms with Crippen LogP contribution >= 0.6 is 0 Å². The number of benzene rings is 2. The molecule has 7 nitrogen and oxygen atoms in total. The van der Waals surface area contributed by atoms with Crippen LogP contribution in [0, 0.1) is 17.2 Å². The predicted octanol–water partition coefficient (Wildman–Crippen LogP) is 3.31. The minimum Gasteiger partial charge on any atom is -0.370 e. The van der Waals surface area contributed by atoms with E-state index in [-0.39, 0.29) is 23.6 Å². The van der Waals surface area contributed by atoms with Crippen LogP contribution in [0.1, 0.15) is 53.0 Å². The number of nitriles is 1. The van der Waals surface area contributed by atoms with E-state index in [9.17, 15) is 14.4 Å². The van der Waals surface area contributed by atoms with E-state index in [4.69, 9.17) is 5.26 Å². The summed E-state index contributed by atoms with van der Waals surface area (Å²) in [7, 11) is 0. The van der Waals surface area contributed by atoms with Gasteiger partial charge in [0, 0.05) is 31.9 Å². The molecule has 33 heavy (non-hydrogen) atoms. The van der Waals surface area contributed by atoms with Gasteiger partial charge in [0.1, 0.15) is 6.04 Å². The van der Waals surface area contributed by atoms with Gasteiger partial charge in [-0.3, -0.25) is 19.3 Å². The number of amides is 3. The smallest absolute Gasteiger partial charge is 0.262 e. The highest BCUT2D eigenvalue weighted by atomic mass is 16.2. The zero-order chi connectivity index (χ0) is 23.5. The molecule has 0 bridgehead atoms. The van der Waals surface area contributed by atoms with Gasteiger partial charge in [0.25, 0.3) is 11.8 Å². The van der Waals surface area contributed by atoms with Crippen LogP contribution in [0.25, 0.3) is 0 Å². The number of rotatable bonds is 5. The maximum Gasteiger partial charge on any atom is 0.262 e. The van der Waals surface area contributed by atoms with Crippen LogP contribution in [-0.4, -0.2) is 59.7 Å². The Morgan fingerprint density at radius 2 is 1.58 bits per heavy atom. The molecule has 0 spiro atoms. The van der Waals surface area contributed by atoms with Gasteiger partial charge in [-0.25, -0.2) is 0 Å². The van der Waals surface area contributed by atoms with E-state index in [1.54, 1.807) is 41.3 Å². The standard InChI is InChI=1S/C26H28N4O3/c1-18(2)16-23(30-24(31)21-6-3-4-7-22(21)25(30)32)26(33)29-13-5-12-28(14-15-29)20-10-8-19(17-27)9-11-20/h3-4,6-11,18,23H,5,12-16H2,1-2H3. The van der Waals surface area contributed by atoms with Crippen molar-refractivity contribution in [1.82, 2.24) is 9.80 Å². The molecule has 0 aromatic heterocycles. The second kappa shape index (κ2) is 9.45. The molecule has 1 unspecified atom stereocenters. The third-order valence-electron chi connectivity index (χ3n) is 6.29. The first-order chi connectivity index (χ1) is 15.9. The SMILES string of the molecule is CC(C)CC(C(=O)N1CCCN(c2ccc(C#N)cc2)CC1)N1C(=O)c2ccccc2C1=O. The number of carbonyl (C=O) groups excluding carboxylic acids is 3. The summed E-state index contributed by atoms with van der Waals surface area (Å²) in [6.45, 7) is 6.51. The Kier molecular flexibility index (Phi) is 6.45. The van der Waals surface area contributed by atoms with Crippen molar-refractivity contribution in [1.29, 1.82) is 5.26 Å². The Hall–Kier alpha value is -3.66. The second-order valence-electron chi connectivity index (χ2n) is 9.00. The Morgan fingerprint density at radius 3 is 2.15 bits per heavy atom. The Balaban J connectivity index is 1.52. The highest BCUT2D eigenvalue weighted by Crippen LogP contribution is 2.28. The van der Waals surface area contributed by atoms with Crippen molar-refractivity contribution in [2.45, 2.75) is 32.7 Å². The summed E-state index contributed by atoms with van der Waals surface area (Å²) in [6, 6.07) is 15.5. The lowest BCUT2D eigenvalue weighted by atomic mass is 10.0. The number of hydrogen-bond acceptors (Lipinski definition) is 5. The van der Waals surface area contributed by atoms with E-state index in [0.29, 0.717) is 42.7 Å². The van der Waals surface area contributed by atoms with E-state index in [2.05, 4.69) is 11.0 Å². The van der Waals surface area contributed by atoms with E-state index in [1.165, 1.54) is 4.90 Å². The van der Waals surface area contributed by atoms with Crippen LogP contribution in [0.15, 0.2) is 48.5 Å². The second-order valence-corrected chi connectivity index (χ2v) is 9.00. The Morgan fingerprint density at radius 1 is 0.939 bits per heavy atom. The Bertz CT molecular complexity index is 1070. The van der Waals surface area contributed by atoms with Crippen molar-refractivity contribution in [3.63, 3.8) is 0 Å². The molecule has 0 N–H and O–H groups in total. The van der Waals surface area contributed by atoms with Gasteiger partial charge < -0.3 is 9.80 Å². The lowest BCUT2D eigenvalue weighted by molar-refractivity contribution is -0.135. The fraction of sp³-hybridized carbons (Fsp3) is 0.385. The Labute approximate surface area is 194 Å². The fourth-order valence-electron chi connectivity index (χ4n) is 4.61. The minimum atomic E-state index is -0.807. The molecule has 0 radical (unpaired) electrons. The third-order valence-corrected chi connectivity index (χ3v) is 6.29. The zero-order valence-electron chi connectivity index (χ0n) is 19.0. The molecule has 1 saturated heterocycles. The molecule has 2 aromatic rings. The van der Waals surface area contributed by atoms with Gasteiger partial charge in [0.15, 0.2) is 0 Å². The molecule has 2 aliphatic heterocycles. The molecule has 0 aliphatic carbocycles. The van der Waals surface area contributed by atoms with Crippen LogP contribution in [0.3, 0.4) is 0 Å². The largest absolute Gasteiger partial charge is 0.370 e. The summed E-state index contributed by atoms with van der Waals surface area (Å²) in [5.41, 5.74) is 2.36. The molecule has 1 atom stereocenters. The van der Waals surface area contributed by atoms with Gasteiger partial charge in [0.2, 0.25) is 5.91 Å². The summed E-state index contributed by atoms with van der Waals surface area (Å²) in [4.78, 5) is 45.0. The van der Waals surface area contributed by atoms with Crippen LogP contribution in [0.4, 0.5) is 5.69 Å². The summed E-state index contributed by atoms with van der Waals surface area (Å²) in [5.74, 6) is -0.794. The molecular formula is C26H28N4O3. The van der Waals surface area contributed by atoms with Gasteiger partial charge in [-0.05, 0) is 55.2 Å². The van der Waals surface area contributed by atoms with Crippen molar-refractivity contribution in [3.05, 3.63) is 65.2 Å². The summed E-state index contributed by atoms with van der Waals surface area (Å²) < 4.78 is 0. The van der Waals surface area contributed by atoms with E-state index < -0.39 is 6.04 Å². The first-order valence-electron chi connectivity index (χ1n) is 11.4. The topological polar surface area (TPSA) is 84.7 Å². The fourth-order valence-corrected chi connectivity index (χ4v) is 4.61. The normalized spacial score (nSPS) is 17.1. The molecule has 170 valence electrons. The average molecular weight is 445 g/mol. The van der Waals surface area contributed by atoms with E-state index in [0.717, 1.165) is 18.7 Å². The number of nitrogens with zero attached hydrogens (tertiary/aromatic N) is 4. The number of imide groups is 1. The zero-order valence-corrected chi connectivity index (χ0v) is 19.0. The quantitative estimate of drug-likeness (QED) is 0.661. The maximum absolute atomic E-state index is 13.7. The molecule has 3 amide bonds. The van der Waals surface area contributed by atoms with Crippen LogP contribution in [0.5, 0.6) is 0 Å². The van der Waals surface area contributed by atoms with Crippen molar-refractivity contribution in [2.24, 2.45) is 5.92 Å². The number of anilines is 1. The first kappa shape index (κ1) is 22.5. The predicted molar refractivity (Wildman–Crippen MR) is 125 cm³/mol. The van der Waals surface area contributed by atoms with Gasteiger partial charge >= 0.3 is 0 Å². The van der Waals surface area contributed by atoms with Gasteiger partial charge in [-0.1, -0.05) is 26.0 Å². The van der Waals surface area contributed by atoms with Gasteiger partial charge in [-0.15, -0.1) is 0 Å². The van der Waals surface area contributed by atoms with Gasteiger partial charge in [0.05, 0.1) is 22.8 Å². The van der Waals surface area contributed by atoms with Crippen molar-refractivity contribution in [2.75, 3.05) is 31.1 Å². The minimum absolute atomic E-state index is 0.144. The highest BCUT2D eigenvalue weighted by Gasteiger charge is 2.44. The van der Waals surface area contributed by atoms with Crippen LogP contribution in [-0.2, 0) is 4.79 Å². The maximum atomic E-state index is 13.7. The van der Waals surface area contributed by atoms with Gasteiger partial charge in [-0.2, -0.15) is 5.26 Å². The highest BCUT2D eigenvalue weighted by molar-refractivity contribution is 6.22. The van der Waals surface area contributed by atoms with Crippen molar-refractivity contribution >= 4 is 23.4 Å². The lowest BCUT2D eigenvalue weighted by Gasteiger charge is -2.32. The number of hydrogen-bond donors (Lipinski definition) is 0. The molecule has 2 heterocycles. The van der Waals surface area contributed by atoms with Crippen LogP contribution in [0.2, 0.25) is 0 Å². The molecule has 0 saturated carbocycles. The van der Waals surface area contributed by atoms with E-state index in [1.807, 2.05) is 26.0 Å². The molecular weight excluding hydrogens is 416 g/mol. The molecule has 2 aromatic carbocycles. The van der Waals surface area contributed by atoms with Crippen LogP contribution < -0.4 is 4.90 Å². The first-order valence-corrected chi connectivity index (χ1v) is 11.4.